The van der Waals surface area contributed by atoms with Crippen LogP contribution in [0.25, 0.3) is 0 Å². The Morgan fingerprint density at radius 3 is 2.58 bits per heavy atom. The van der Waals surface area contributed by atoms with Crippen molar-refractivity contribution in [2.45, 2.75) is 57.5 Å². The molecule has 1 aliphatic carbocycles. The zero-order valence-electron chi connectivity index (χ0n) is 12.4. The third kappa shape index (κ3) is 3.93. The fraction of sp³-hybridized carbons (Fsp3) is 0.933. The zero-order chi connectivity index (χ0) is 13.7. The Labute approximate surface area is 116 Å². The second kappa shape index (κ2) is 7.25. The van der Waals surface area contributed by atoms with Crippen molar-refractivity contribution < 1.29 is 9.53 Å². The molecule has 2 rings (SSSR count). The summed E-state index contributed by atoms with van der Waals surface area (Å²) < 4.78 is 5.32. The van der Waals surface area contributed by atoms with Crippen molar-refractivity contribution in [1.29, 1.82) is 0 Å². The molecule has 1 amide bonds. The Balaban J connectivity index is 1.75. The summed E-state index contributed by atoms with van der Waals surface area (Å²) >= 11 is 0. The number of carbonyl (C=O) groups excluding carboxylic acids is 1. The maximum atomic E-state index is 12.3. The molecule has 0 aromatic heterocycles. The van der Waals surface area contributed by atoms with Gasteiger partial charge in [-0.15, -0.1) is 0 Å². The first-order chi connectivity index (χ1) is 9.22. The molecule has 0 bridgehead atoms. The Morgan fingerprint density at radius 2 is 2.00 bits per heavy atom. The minimum Gasteiger partial charge on any atom is -0.381 e. The summed E-state index contributed by atoms with van der Waals surface area (Å²) in [5.41, 5.74) is 0. The summed E-state index contributed by atoms with van der Waals surface area (Å²) in [6.07, 6.45) is 6.76. The molecule has 4 heteroatoms. The van der Waals surface area contributed by atoms with Crippen LogP contribution in [0.3, 0.4) is 0 Å². The van der Waals surface area contributed by atoms with Crippen molar-refractivity contribution in [3.63, 3.8) is 0 Å². The summed E-state index contributed by atoms with van der Waals surface area (Å²) in [7, 11) is 1.98. The number of nitrogens with one attached hydrogen (secondary N) is 1. The lowest BCUT2D eigenvalue weighted by Crippen LogP contribution is -2.45. The molecule has 0 aromatic rings. The van der Waals surface area contributed by atoms with Gasteiger partial charge >= 0.3 is 0 Å². The predicted octanol–water partition coefficient (Wildman–Crippen LogP) is 1.79. The summed E-state index contributed by atoms with van der Waals surface area (Å²) in [4.78, 5) is 14.3. The summed E-state index contributed by atoms with van der Waals surface area (Å²) in [5.74, 6) is 0.406. The maximum Gasteiger partial charge on any atom is 0.228 e. The van der Waals surface area contributed by atoms with E-state index in [1.54, 1.807) is 0 Å². The lowest BCUT2D eigenvalue weighted by atomic mass is 9.89. The van der Waals surface area contributed by atoms with Crippen LogP contribution in [0.2, 0.25) is 0 Å². The predicted molar refractivity (Wildman–Crippen MR) is 76.0 cm³/mol. The largest absolute Gasteiger partial charge is 0.381 e. The van der Waals surface area contributed by atoms with Gasteiger partial charge < -0.3 is 15.0 Å². The van der Waals surface area contributed by atoms with Gasteiger partial charge in [-0.25, -0.2) is 0 Å². The molecule has 1 N–H and O–H groups in total. The fourth-order valence-corrected chi connectivity index (χ4v) is 3.21. The summed E-state index contributed by atoms with van der Waals surface area (Å²) in [5, 5.41) is 3.59. The molecule has 0 radical (unpaired) electrons. The minimum atomic E-state index is 0.112. The van der Waals surface area contributed by atoms with Gasteiger partial charge in [0.1, 0.15) is 0 Å². The van der Waals surface area contributed by atoms with Crippen LogP contribution in [-0.2, 0) is 9.53 Å². The normalized spacial score (nSPS) is 31.4. The Hall–Kier alpha value is -0.610. The van der Waals surface area contributed by atoms with E-state index in [2.05, 4.69) is 12.2 Å². The molecule has 19 heavy (non-hydrogen) atoms. The van der Waals surface area contributed by atoms with Gasteiger partial charge in [0.05, 0.1) is 12.5 Å². The van der Waals surface area contributed by atoms with E-state index in [0.29, 0.717) is 24.6 Å². The third-order valence-corrected chi connectivity index (χ3v) is 4.55. The number of hydrogen-bond acceptors (Lipinski definition) is 3. The van der Waals surface area contributed by atoms with Crippen molar-refractivity contribution in [1.82, 2.24) is 10.2 Å². The van der Waals surface area contributed by atoms with E-state index >= 15 is 0 Å². The topological polar surface area (TPSA) is 41.6 Å². The standard InChI is InChI=1S/C15H28N2O2/c1-3-9-16-13-4-6-14(7-5-13)17(2)15(18)12-8-10-19-11-12/h12-14,16H,3-11H2,1-2H3. The highest BCUT2D eigenvalue weighted by molar-refractivity contribution is 5.79. The number of amides is 1. The van der Waals surface area contributed by atoms with Crippen molar-refractivity contribution in [3.8, 4) is 0 Å². The summed E-state index contributed by atoms with van der Waals surface area (Å²) in [6, 6.07) is 1.10. The minimum absolute atomic E-state index is 0.112. The van der Waals surface area contributed by atoms with E-state index in [0.717, 1.165) is 32.4 Å². The van der Waals surface area contributed by atoms with Gasteiger partial charge in [0.2, 0.25) is 5.91 Å². The molecular formula is C15H28N2O2. The molecule has 1 heterocycles. The van der Waals surface area contributed by atoms with Crippen molar-refractivity contribution in [2.75, 3.05) is 26.8 Å². The Morgan fingerprint density at radius 1 is 1.26 bits per heavy atom. The van der Waals surface area contributed by atoms with Crippen molar-refractivity contribution in [2.24, 2.45) is 5.92 Å². The molecule has 1 saturated heterocycles. The number of rotatable bonds is 5. The molecule has 0 spiro atoms. The molecule has 2 fully saturated rings. The van der Waals surface area contributed by atoms with E-state index in [4.69, 9.17) is 4.74 Å². The van der Waals surface area contributed by atoms with Gasteiger partial charge in [-0.05, 0) is 45.1 Å². The van der Waals surface area contributed by atoms with Crippen molar-refractivity contribution >= 4 is 5.91 Å². The molecule has 110 valence electrons. The second-order valence-corrected chi connectivity index (χ2v) is 5.97. The molecule has 0 aromatic carbocycles. The zero-order valence-corrected chi connectivity index (χ0v) is 12.4. The van der Waals surface area contributed by atoms with Gasteiger partial charge in [-0.3, -0.25) is 4.79 Å². The Bertz CT molecular complexity index is 282. The van der Waals surface area contributed by atoms with E-state index in [-0.39, 0.29) is 5.92 Å². The van der Waals surface area contributed by atoms with Crippen LogP contribution in [0.4, 0.5) is 0 Å². The Kier molecular flexibility index (Phi) is 5.64. The highest BCUT2D eigenvalue weighted by atomic mass is 16.5. The first-order valence-electron chi connectivity index (χ1n) is 7.80. The van der Waals surface area contributed by atoms with Gasteiger partial charge in [-0.1, -0.05) is 6.92 Å². The smallest absolute Gasteiger partial charge is 0.228 e. The number of ether oxygens (including phenoxy) is 1. The van der Waals surface area contributed by atoms with Gasteiger partial charge in [0.25, 0.3) is 0 Å². The second-order valence-electron chi connectivity index (χ2n) is 5.97. The van der Waals surface area contributed by atoms with E-state index in [1.807, 2.05) is 11.9 Å². The number of hydrogen-bond donors (Lipinski definition) is 1. The molecule has 4 nitrogen and oxygen atoms in total. The molecule has 1 atom stereocenters. The van der Waals surface area contributed by atoms with Crippen LogP contribution < -0.4 is 5.32 Å². The highest BCUT2D eigenvalue weighted by Crippen LogP contribution is 2.25. The van der Waals surface area contributed by atoms with E-state index in [1.165, 1.54) is 19.3 Å². The monoisotopic (exact) mass is 268 g/mol. The number of carbonyl (C=O) groups is 1. The van der Waals surface area contributed by atoms with Crippen LogP contribution in [0.5, 0.6) is 0 Å². The van der Waals surface area contributed by atoms with Crippen LogP contribution in [-0.4, -0.2) is 49.7 Å². The lowest BCUT2D eigenvalue weighted by Gasteiger charge is -2.36. The van der Waals surface area contributed by atoms with Crippen molar-refractivity contribution in [3.05, 3.63) is 0 Å². The fourth-order valence-electron chi connectivity index (χ4n) is 3.21. The van der Waals surface area contributed by atoms with Crippen LogP contribution in [0, 0.1) is 5.92 Å². The first kappa shape index (κ1) is 14.8. The molecule has 1 saturated carbocycles. The molecule has 1 aliphatic heterocycles. The van der Waals surface area contributed by atoms with Gasteiger partial charge in [0.15, 0.2) is 0 Å². The molecular weight excluding hydrogens is 240 g/mol. The van der Waals surface area contributed by atoms with Crippen LogP contribution in [0.1, 0.15) is 45.4 Å². The SMILES string of the molecule is CCCNC1CCC(N(C)C(=O)C2CCOC2)CC1. The van der Waals surface area contributed by atoms with E-state index < -0.39 is 0 Å². The lowest BCUT2D eigenvalue weighted by molar-refractivity contribution is -0.137. The third-order valence-electron chi connectivity index (χ3n) is 4.55. The quantitative estimate of drug-likeness (QED) is 0.826. The number of nitrogens with zero attached hydrogens (tertiary/aromatic N) is 1. The van der Waals surface area contributed by atoms with E-state index in [9.17, 15) is 4.79 Å². The van der Waals surface area contributed by atoms with Crippen LogP contribution >= 0.6 is 0 Å². The molecule has 2 aliphatic rings. The first-order valence-corrected chi connectivity index (χ1v) is 7.80. The summed E-state index contributed by atoms with van der Waals surface area (Å²) in [6.45, 7) is 4.69. The van der Waals surface area contributed by atoms with Crippen LogP contribution in [0.15, 0.2) is 0 Å². The van der Waals surface area contributed by atoms with Gasteiger partial charge in [-0.2, -0.15) is 0 Å². The average molecular weight is 268 g/mol. The molecule has 1 unspecified atom stereocenters. The highest BCUT2D eigenvalue weighted by Gasteiger charge is 2.31. The average Bonchev–Trinajstić information content (AvgIpc) is 2.98. The van der Waals surface area contributed by atoms with Gasteiger partial charge in [0, 0.05) is 25.7 Å². The maximum absolute atomic E-state index is 12.3.